The van der Waals surface area contributed by atoms with E-state index in [1.54, 1.807) is 0 Å². The second-order valence-electron chi connectivity index (χ2n) is 7.42. The predicted octanol–water partition coefficient (Wildman–Crippen LogP) is 2.46. The Bertz CT molecular complexity index is 457. The summed E-state index contributed by atoms with van der Waals surface area (Å²) < 4.78 is 0. The van der Waals surface area contributed by atoms with Crippen LogP contribution in [0.1, 0.15) is 38.7 Å². The first-order valence-electron chi connectivity index (χ1n) is 8.33. The van der Waals surface area contributed by atoms with Crippen LogP contribution < -0.4 is 5.73 Å². The Hall–Kier alpha value is -0.900. The Labute approximate surface area is 129 Å². The molecule has 3 heteroatoms. The van der Waals surface area contributed by atoms with Gasteiger partial charge in [-0.15, -0.1) is 0 Å². The predicted molar refractivity (Wildman–Crippen MR) is 88.1 cm³/mol. The molecule has 1 saturated heterocycles. The van der Waals surface area contributed by atoms with Gasteiger partial charge in [-0.2, -0.15) is 0 Å². The van der Waals surface area contributed by atoms with Crippen molar-refractivity contribution in [1.29, 1.82) is 0 Å². The van der Waals surface area contributed by atoms with Gasteiger partial charge in [0.15, 0.2) is 0 Å². The quantitative estimate of drug-likeness (QED) is 0.927. The van der Waals surface area contributed by atoms with Gasteiger partial charge < -0.3 is 5.73 Å². The van der Waals surface area contributed by atoms with Crippen molar-refractivity contribution in [2.24, 2.45) is 5.73 Å². The molecule has 1 aliphatic carbocycles. The van der Waals surface area contributed by atoms with Crippen molar-refractivity contribution in [3.8, 4) is 0 Å². The van der Waals surface area contributed by atoms with Crippen LogP contribution in [0.25, 0.3) is 0 Å². The average molecular weight is 287 g/mol. The summed E-state index contributed by atoms with van der Waals surface area (Å²) >= 11 is 0. The van der Waals surface area contributed by atoms with Gasteiger partial charge in [0.05, 0.1) is 0 Å². The summed E-state index contributed by atoms with van der Waals surface area (Å²) in [6, 6.07) is 12.0. The maximum Gasteiger partial charge on any atom is 0.0284 e. The summed E-state index contributed by atoms with van der Waals surface area (Å²) in [5.41, 5.74) is 7.75. The van der Waals surface area contributed by atoms with Crippen LogP contribution in [0.3, 0.4) is 0 Å². The third-order valence-corrected chi connectivity index (χ3v) is 5.28. The van der Waals surface area contributed by atoms with Crippen molar-refractivity contribution < 1.29 is 0 Å². The minimum atomic E-state index is 0.237. The molecule has 21 heavy (non-hydrogen) atoms. The van der Waals surface area contributed by atoms with Crippen molar-refractivity contribution in [2.45, 2.75) is 57.3 Å². The highest BCUT2D eigenvalue weighted by Gasteiger charge is 2.37. The van der Waals surface area contributed by atoms with Crippen LogP contribution in [0, 0.1) is 0 Å². The largest absolute Gasteiger partial charge is 0.328 e. The minimum absolute atomic E-state index is 0.237. The highest BCUT2D eigenvalue weighted by Crippen LogP contribution is 2.29. The maximum atomic E-state index is 6.09. The number of nitrogens with zero attached hydrogens (tertiary/aromatic N) is 2. The highest BCUT2D eigenvalue weighted by molar-refractivity contribution is 5.15. The van der Waals surface area contributed by atoms with E-state index < -0.39 is 0 Å². The number of nitrogens with two attached hydrogens (primary N) is 1. The van der Waals surface area contributed by atoms with E-state index in [0.717, 1.165) is 25.7 Å². The molecule has 1 saturated carbocycles. The van der Waals surface area contributed by atoms with E-state index in [0.29, 0.717) is 6.04 Å². The molecule has 0 spiro atoms. The first kappa shape index (κ1) is 15.0. The molecular weight excluding hydrogens is 258 g/mol. The fourth-order valence-corrected chi connectivity index (χ4v) is 3.96. The lowest BCUT2D eigenvalue weighted by Gasteiger charge is -2.49. The molecule has 2 atom stereocenters. The normalized spacial score (nSPS) is 30.6. The summed E-state index contributed by atoms with van der Waals surface area (Å²) in [6.45, 7) is 9.35. The van der Waals surface area contributed by atoms with E-state index in [-0.39, 0.29) is 5.54 Å². The standard InChI is InChI=1S/C18H29N3/c1-18(2)14-20(17-9-8-16(19)12-17)10-11-21(18)13-15-6-4-3-5-7-15/h3-7,16-17H,8-14,19H2,1-2H3. The molecule has 2 N–H and O–H groups in total. The van der Waals surface area contributed by atoms with Crippen LogP contribution in [0.2, 0.25) is 0 Å². The lowest BCUT2D eigenvalue weighted by molar-refractivity contribution is -0.00450. The fraction of sp³-hybridized carbons (Fsp3) is 0.667. The molecule has 1 aromatic rings. The molecule has 1 aromatic carbocycles. The summed E-state index contributed by atoms with van der Waals surface area (Å²) in [4.78, 5) is 5.32. The van der Waals surface area contributed by atoms with E-state index in [1.165, 1.54) is 31.4 Å². The van der Waals surface area contributed by atoms with E-state index in [2.05, 4.69) is 54.0 Å². The van der Waals surface area contributed by atoms with Crippen molar-refractivity contribution in [3.05, 3.63) is 35.9 Å². The van der Waals surface area contributed by atoms with E-state index in [4.69, 9.17) is 5.73 Å². The van der Waals surface area contributed by atoms with Crippen LogP contribution in [0.15, 0.2) is 30.3 Å². The summed E-state index contributed by atoms with van der Waals surface area (Å²) in [5.74, 6) is 0. The van der Waals surface area contributed by atoms with Crippen molar-refractivity contribution in [2.75, 3.05) is 19.6 Å². The lowest BCUT2D eigenvalue weighted by Crippen LogP contribution is -2.60. The van der Waals surface area contributed by atoms with Gasteiger partial charge in [-0.1, -0.05) is 30.3 Å². The van der Waals surface area contributed by atoms with Gasteiger partial charge in [0.25, 0.3) is 0 Å². The van der Waals surface area contributed by atoms with Crippen LogP contribution in [0.4, 0.5) is 0 Å². The Morgan fingerprint density at radius 1 is 1.14 bits per heavy atom. The third-order valence-electron chi connectivity index (χ3n) is 5.28. The van der Waals surface area contributed by atoms with Crippen molar-refractivity contribution in [1.82, 2.24) is 9.80 Å². The second-order valence-corrected chi connectivity index (χ2v) is 7.42. The number of benzene rings is 1. The molecule has 2 aliphatic rings. The monoisotopic (exact) mass is 287 g/mol. The summed E-state index contributed by atoms with van der Waals surface area (Å²) in [7, 11) is 0. The minimum Gasteiger partial charge on any atom is -0.328 e. The van der Waals surface area contributed by atoms with E-state index >= 15 is 0 Å². The fourth-order valence-electron chi connectivity index (χ4n) is 3.96. The molecule has 2 fully saturated rings. The van der Waals surface area contributed by atoms with Crippen molar-refractivity contribution >= 4 is 0 Å². The molecule has 3 rings (SSSR count). The van der Waals surface area contributed by atoms with Gasteiger partial charge in [-0.3, -0.25) is 9.80 Å². The topological polar surface area (TPSA) is 32.5 Å². The van der Waals surface area contributed by atoms with Crippen LogP contribution in [-0.2, 0) is 6.54 Å². The van der Waals surface area contributed by atoms with Crippen LogP contribution in [0.5, 0.6) is 0 Å². The number of piperazine rings is 1. The zero-order valence-electron chi connectivity index (χ0n) is 13.5. The van der Waals surface area contributed by atoms with Gasteiger partial charge >= 0.3 is 0 Å². The molecule has 0 radical (unpaired) electrons. The SMILES string of the molecule is CC1(C)CN(C2CCC(N)C2)CCN1Cc1ccccc1. The van der Waals surface area contributed by atoms with Gasteiger partial charge in [0, 0.05) is 43.8 Å². The molecule has 0 aromatic heterocycles. The Morgan fingerprint density at radius 2 is 1.90 bits per heavy atom. The second kappa shape index (κ2) is 6.07. The smallest absolute Gasteiger partial charge is 0.0284 e. The van der Waals surface area contributed by atoms with E-state index in [1.807, 2.05) is 0 Å². The molecule has 1 aliphatic heterocycles. The lowest BCUT2D eigenvalue weighted by atomic mass is 9.96. The highest BCUT2D eigenvalue weighted by atomic mass is 15.3. The summed E-state index contributed by atoms with van der Waals surface area (Å²) in [6.07, 6.45) is 3.68. The molecule has 3 nitrogen and oxygen atoms in total. The molecular formula is C18H29N3. The Kier molecular flexibility index (Phi) is 4.34. The van der Waals surface area contributed by atoms with Crippen LogP contribution >= 0.6 is 0 Å². The molecule has 1 heterocycles. The van der Waals surface area contributed by atoms with Gasteiger partial charge in [0.2, 0.25) is 0 Å². The third kappa shape index (κ3) is 3.47. The first-order valence-corrected chi connectivity index (χ1v) is 8.33. The Morgan fingerprint density at radius 3 is 2.52 bits per heavy atom. The molecule has 0 amide bonds. The molecule has 116 valence electrons. The zero-order chi connectivity index (χ0) is 14.9. The van der Waals surface area contributed by atoms with Gasteiger partial charge in [0.1, 0.15) is 0 Å². The zero-order valence-corrected chi connectivity index (χ0v) is 13.5. The summed E-state index contributed by atoms with van der Waals surface area (Å²) in [5, 5.41) is 0. The molecule has 2 unspecified atom stereocenters. The van der Waals surface area contributed by atoms with Crippen molar-refractivity contribution in [3.63, 3.8) is 0 Å². The number of hydrogen-bond donors (Lipinski definition) is 1. The first-order chi connectivity index (χ1) is 10.0. The number of hydrogen-bond acceptors (Lipinski definition) is 3. The van der Waals surface area contributed by atoms with Gasteiger partial charge in [-0.25, -0.2) is 0 Å². The molecule has 0 bridgehead atoms. The van der Waals surface area contributed by atoms with Crippen LogP contribution in [-0.4, -0.2) is 47.1 Å². The average Bonchev–Trinajstić information content (AvgIpc) is 2.89. The Balaban J connectivity index is 1.62. The number of rotatable bonds is 3. The van der Waals surface area contributed by atoms with Gasteiger partial charge in [-0.05, 0) is 38.7 Å². The maximum absolute atomic E-state index is 6.09. The van der Waals surface area contributed by atoms with E-state index in [9.17, 15) is 0 Å².